The van der Waals surface area contributed by atoms with E-state index in [4.69, 9.17) is 11.6 Å². The number of pyridine rings is 1. The summed E-state index contributed by atoms with van der Waals surface area (Å²) in [6.07, 6.45) is -2.07. The summed E-state index contributed by atoms with van der Waals surface area (Å²) in [7, 11) is 0. The second-order valence-corrected chi connectivity index (χ2v) is 6.48. The van der Waals surface area contributed by atoms with E-state index in [1.54, 1.807) is 12.3 Å². The fraction of sp³-hybridized carbons (Fsp3) is 0.190. The molecular formula is C21H18ClF3N2. The van der Waals surface area contributed by atoms with Gasteiger partial charge in [0, 0.05) is 18.3 Å². The lowest BCUT2D eigenvalue weighted by Gasteiger charge is -2.13. The van der Waals surface area contributed by atoms with Crippen molar-refractivity contribution in [3.63, 3.8) is 0 Å². The molecule has 0 aliphatic rings. The van der Waals surface area contributed by atoms with Crippen LogP contribution in [0.1, 0.15) is 16.7 Å². The van der Waals surface area contributed by atoms with E-state index in [2.05, 4.69) is 10.3 Å². The smallest absolute Gasteiger partial charge is 0.312 e. The SMILES string of the molecule is FC(F)(F)c1ccccc1CNCCc1cc(-c2ccccc2)cnc1Cl. The van der Waals surface area contributed by atoms with Gasteiger partial charge in [0.25, 0.3) is 0 Å². The van der Waals surface area contributed by atoms with Gasteiger partial charge in [-0.05, 0) is 41.8 Å². The Morgan fingerprint density at radius 2 is 1.59 bits per heavy atom. The molecule has 27 heavy (non-hydrogen) atoms. The van der Waals surface area contributed by atoms with Crippen molar-refractivity contribution in [3.8, 4) is 11.1 Å². The molecule has 0 saturated heterocycles. The monoisotopic (exact) mass is 390 g/mol. The first-order valence-corrected chi connectivity index (χ1v) is 8.88. The first-order chi connectivity index (χ1) is 12.9. The van der Waals surface area contributed by atoms with Gasteiger partial charge in [0.15, 0.2) is 0 Å². The molecule has 0 amide bonds. The zero-order valence-corrected chi connectivity index (χ0v) is 15.2. The standard InChI is InChI=1S/C21H18ClF3N2/c22-20-16(12-18(14-27-20)15-6-2-1-3-7-15)10-11-26-13-17-8-4-5-9-19(17)21(23,24)25/h1-9,12,14,26H,10-11,13H2. The summed E-state index contributed by atoms with van der Waals surface area (Å²) in [5, 5.41) is 3.47. The third kappa shape index (κ3) is 5.08. The third-order valence-electron chi connectivity index (χ3n) is 4.23. The largest absolute Gasteiger partial charge is 0.416 e. The molecule has 6 heteroatoms. The Labute approximate surface area is 161 Å². The molecule has 3 aromatic rings. The lowest BCUT2D eigenvalue weighted by Crippen LogP contribution is -2.20. The van der Waals surface area contributed by atoms with Crippen LogP contribution in [-0.2, 0) is 19.1 Å². The number of nitrogens with one attached hydrogen (secondary N) is 1. The molecule has 1 N–H and O–H groups in total. The number of hydrogen-bond acceptors (Lipinski definition) is 2. The lowest BCUT2D eigenvalue weighted by molar-refractivity contribution is -0.138. The molecule has 0 saturated carbocycles. The Balaban J connectivity index is 1.63. The molecule has 0 unspecified atom stereocenters. The van der Waals surface area contributed by atoms with Crippen LogP contribution in [-0.4, -0.2) is 11.5 Å². The second kappa shape index (κ2) is 8.55. The lowest BCUT2D eigenvalue weighted by atomic mass is 10.0. The average molecular weight is 391 g/mol. The van der Waals surface area contributed by atoms with Crippen molar-refractivity contribution in [2.45, 2.75) is 19.1 Å². The molecule has 0 aliphatic carbocycles. The molecule has 1 aromatic heterocycles. The van der Waals surface area contributed by atoms with Crippen LogP contribution in [0, 0.1) is 0 Å². The van der Waals surface area contributed by atoms with Gasteiger partial charge >= 0.3 is 6.18 Å². The molecule has 0 radical (unpaired) electrons. The van der Waals surface area contributed by atoms with Gasteiger partial charge in [0.05, 0.1) is 5.56 Å². The number of nitrogens with zero attached hydrogens (tertiary/aromatic N) is 1. The third-order valence-corrected chi connectivity index (χ3v) is 4.57. The van der Waals surface area contributed by atoms with Crippen LogP contribution >= 0.6 is 11.6 Å². The maximum Gasteiger partial charge on any atom is 0.416 e. The molecule has 0 fully saturated rings. The summed E-state index contributed by atoms with van der Waals surface area (Å²) < 4.78 is 39.1. The van der Waals surface area contributed by atoms with Gasteiger partial charge in [0.1, 0.15) is 5.15 Å². The van der Waals surface area contributed by atoms with Crippen molar-refractivity contribution >= 4 is 11.6 Å². The van der Waals surface area contributed by atoms with Crippen LogP contribution in [0.25, 0.3) is 11.1 Å². The minimum Gasteiger partial charge on any atom is -0.312 e. The van der Waals surface area contributed by atoms with Crippen LogP contribution in [0.3, 0.4) is 0 Å². The topological polar surface area (TPSA) is 24.9 Å². The number of aromatic nitrogens is 1. The summed E-state index contributed by atoms with van der Waals surface area (Å²) in [5.41, 5.74) is 2.47. The summed E-state index contributed by atoms with van der Waals surface area (Å²) in [6.45, 7) is 0.630. The normalized spacial score (nSPS) is 11.6. The van der Waals surface area contributed by atoms with Gasteiger partial charge in [-0.3, -0.25) is 0 Å². The Morgan fingerprint density at radius 1 is 0.889 bits per heavy atom. The van der Waals surface area contributed by atoms with Crippen molar-refractivity contribution in [1.29, 1.82) is 0 Å². The second-order valence-electron chi connectivity index (χ2n) is 6.12. The van der Waals surface area contributed by atoms with Gasteiger partial charge in [-0.15, -0.1) is 0 Å². The average Bonchev–Trinajstić information content (AvgIpc) is 2.67. The molecule has 0 spiro atoms. The maximum atomic E-state index is 13.0. The minimum absolute atomic E-state index is 0.138. The molecule has 0 aliphatic heterocycles. The molecule has 2 nitrogen and oxygen atoms in total. The van der Waals surface area contributed by atoms with Gasteiger partial charge in [-0.25, -0.2) is 4.98 Å². The number of hydrogen-bond donors (Lipinski definition) is 1. The van der Waals surface area contributed by atoms with E-state index in [-0.39, 0.29) is 12.1 Å². The van der Waals surface area contributed by atoms with Crippen LogP contribution in [0.4, 0.5) is 13.2 Å². The zero-order valence-electron chi connectivity index (χ0n) is 14.4. The Hall–Kier alpha value is -2.37. The highest BCUT2D eigenvalue weighted by molar-refractivity contribution is 6.30. The number of halogens is 4. The van der Waals surface area contributed by atoms with Crippen molar-refractivity contribution in [2.24, 2.45) is 0 Å². The quantitative estimate of drug-likeness (QED) is 0.428. The molecule has 140 valence electrons. The molecular weight excluding hydrogens is 373 g/mol. The highest BCUT2D eigenvalue weighted by Gasteiger charge is 2.32. The maximum absolute atomic E-state index is 13.0. The molecule has 0 atom stereocenters. The number of rotatable bonds is 6. The first-order valence-electron chi connectivity index (χ1n) is 8.51. The molecule has 0 bridgehead atoms. The van der Waals surface area contributed by atoms with E-state index >= 15 is 0 Å². The van der Waals surface area contributed by atoms with E-state index in [0.29, 0.717) is 18.1 Å². The van der Waals surface area contributed by atoms with Crippen LogP contribution in [0.5, 0.6) is 0 Å². The zero-order chi connectivity index (χ0) is 19.3. The van der Waals surface area contributed by atoms with Gasteiger partial charge in [-0.1, -0.05) is 60.1 Å². The molecule has 1 heterocycles. The Bertz CT molecular complexity index is 895. The van der Waals surface area contributed by atoms with Crippen molar-refractivity contribution in [3.05, 3.63) is 88.7 Å². The highest BCUT2D eigenvalue weighted by atomic mass is 35.5. The number of benzene rings is 2. The van der Waals surface area contributed by atoms with E-state index < -0.39 is 11.7 Å². The highest BCUT2D eigenvalue weighted by Crippen LogP contribution is 2.31. The summed E-state index contributed by atoms with van der Waals surface area (Å²) in [4.78, 5) is 4.23. The molecule has 2 aromatic carbocycles. The Kier molecular flexibility index (Phi) is 6.14. The minimum atomic E-state index is -4.35. The predicted molar refractivity (Wildman–Crippen MR) is 102 cm³/mol. The van der Waals surface area contributed by atoms with Crippen molar-refractivity contribution < 1.29 is 13.2 Å². The van der Waals surface area contributed by atoms with Crippen molar-refractivity contribution in [2.75, 3.05) is 6.54 Å². The van der Waals surface area contributed by atoms with Gasteiger partial charge in [-0.2, -0.15) is 13.2 Å². The van der Waals surface area contributed by atoms with E-state index in [0.717, 1.165) is 22.8 Å². The summed E-state index contributed by atoms with van der Waals surface area (Å²) >= 11 is 6.18. The van der Waals surface area contributed by atoms with Crippen molar-refractivity contribution in [1.82, 2.24) is 10.3 Å². The number of alkyl halides is 3. The summed E-state index contributed by atoms with van der Waals surface area (Å²) in [5.74, 6) is 0. The van der Waals surface area contributed by atoms with Gasteiger partial charge < -0.3 is 5.32 Å². The first kappa shape index (κ1) is 19.4. The fourth-order valence-electron chi connectivity index (χ4n) is 2.85. The van der Waals surface area contributed by atoms with Crippen LogP contribution in [0.2, 0.25) is 5.15 Å². The molecule has 3 rings (SSSR count). The fourth-order valence-corrected chi connectivity index (χ4v) is 3.05. The van der Waals surface area contributed by atoms with Crippen LogP contribution in [0.15, 0.2) is 66.9 Å². The predicted octanol–water partition coefficient (Wildman–Crippen LogP) is 5.75. The Morgan fingerprint density at radius 3 is 2.33 bits per heavy atom. The van der Waals surface area contributed by atoms with Crippen LogP contribution < -0.4 is 5.32 Å². The summed E-state index contributed by atoms with van der Waals surface area (Å²) in [6, 6.07) is 17.4. The van der Waals surface area contributed by atoms with E-state index in [1.807, 2.05) is 36.4 Å². The van der Waals surface area contributed by atoms with Gasteiger partial charge in [0.2, 0.25) is 0 Å². The van der Waals surface area contributed by atoms with E-state index in [1.165, 1.54) is 12.1 Å². The van der Waals surface area contributed by atoms with E-state index in [9.17, 15) is 13.2 Å².